The zero-order valence-corrected chi connectivity index (χ0v) is 23.4. The van der Waals surface area contributed by atoms with Gasteiger partial charge in [0.15, 0.2) is 0 Å². The van der Waals surface area contributed by atoms with Crippen LogP contribution in [0.2, 0.25) is 0 Å². The Kier molecular flexibility index (Phi) is 7.89. The van der Waals surface area contributed by atoms with Gasteiger partial charge in [0.25, 0.3) is 0 Å². The number of benzene rings is 2. The summed E-state index contributed by atoms with van der Waals surface area (Å²) in [5.41, 5.74) is 3.62. The first-order valence-corrected chi connectivity index (χ1v) is 13.9. The summed E-state index contributed by atoms with van der Waals surface area (Å²) in [4.78, 5) is 4.68. The first-order valence-electron chi connectivity index (χ1n) is 12.1. The van der Waals surface area contributed by atoms with Crippen LogP contribution in [0.15, 0.2) is 80.0 Å². The minimum absolute atomic E-state index is 0.757. The quantitative estimate of drug-likeness (QED) is 0.210. The molecule has 1 fully saturated rings. The third-order valence-corrected chi connectivity index (χ3v) is 7.99. The summed E-state index contributed by atoms with van der Waals surface area (Å²) < 4.78 is 15.3. The molecule has 0 radical (unpaired) electrons. The number of thiazole rings is 2. The molecule has 0 aliphatic carbocycles. The molecule has 0 saturated carbocycles. The van der Waals surface area contributed by atoms with Crippen molar-refractivity contribution in [1.82, 2.24) is 0 Å². The fourth-order valence-corrected chi connectivity index (χ4v) is 5.58. The number of anilines is 2. The van der Waals surface area contributed by atoms with Crippen molar-refractivity contribution in [3.8, 4) is 11.5 Å². The van der Waals surface area contributed by atoms with E-state index in [1.165, 1.54) is 0 Å². The molecule has 12 heteroatoms. The van der Waals surface area contributed by atoms with Crippen molar-refractivity contribution < 1.29 is 18.6 Å². The van der Waals surface area contributed by atoms with Gasteiger partial charge >= 0.3 is 10.3 Å². The molecule has 0 bridgehead atoms. The van der Waals surface area contributed by atoms with Crippen molar-refractivity contribution in [2.45, 2.75) is 0 Å². The number of hydrogen-bond acceptors (Lipinski definition) is 10. The van der Waals surface area contributed by atoms with Crippen molar-refractivity contribution in [3.05, 3.63) is 59.6 Å². The molecule has 5 rings (SSSR count). The second-order valence-electron chi connectivity index (χ2n) is 8.68. The van der Waals surface area contributed by atoms with E-state index in [-0.39, 0.29) is 0 Å². The lowest BCUT2D eigenvalue weighted by atomic mass is 10.2. The molecule has 1 aliphatic heterocycles. The number of hydrogen-bond donors (Lipinski definition) is 0. The van der Waals surface area contributed by atoms with Crippen LogP contribution in [-0.4, -0.2) is 40.4 Å². The molecule has 4 aromatic rings. The smallest absolute Gasteiger partial charge is 0.408 e. The first-order chi connectivity index (χ1) is 18.6. The number of ether oxygens (including phenoxy) is 2. The number of nitrogens with zero attached hydrogens (tertiary/aromatic N) is 8. The van der Waals surface area contributed by atoms with Gasteiger partial charge in [-0.2, -0.15) is 0 Å². The van der Waals surface area contributed by atoms with Gasteiger partial charge in [0, 0.05) is 49.1 Å². The first kappa shape index (κ1) is 25.7. The maximum absolute atomic E-state index is 5.72. The second kappa shape index (κ2) is 11.7. The van der Waals surface area contributed by atoms with Gasteiger partial charge in [0.2, 0.25) is 0 Å². The number of aryl methyl sites for hydroxylation is 2. The van der Waals surface area contributed by atoms with E-state index in [0.717, 1.165) is 70.7 Å². The van der Waals surface area contributed by atoms with Crippen molar-refractivity contribution in [1.29, 1.82) is 0 Å². The lowest BCUT2D eigenvalue weighted by Crippen LogP contribution is -2.46. The highest BCUT2D eigenvalue weighted by Gasteiger charge is 2.23. The lowest BCUT2D eigenvalue weighted by Gasteiger charge is -2.38. The SMILES string of the molecule is COc1cc(/N=N/c2scc[n+]2C)ccc1N1CCN(c2ccc(/N=N/c3scc[n+]3C)cc2OC)CC1. The topological polar surface area (TPSA) is 82.1 Å². The van der Waals surface area contributed by atoms with E-state index < -0.39 is 0 Å². The van der Waals surface area contributed by atoms with E-state index in [4.69, 9.17) is 9.47 Å². The molecule has 0 N–H and O–H groups in total. The van der Waals surface area contributed by atoms with Crippen LogP contribution in [0, 0.1) is 0 Å². The molecule has 3 heterocycles. The molecule has 0 spiro atoms. The van der Waals surface area contributed by atoms with Crippen LogP contribution in [0.3, 0.4) is 0 Å². The summed E-state index contributed by atoms with van der Waals surface area (Å²) in [5.74, 6) is 1.58. The largest absolute Gasteiger partial charge is 0.495 e. The van der Waals surface area contributed by atoms with E-state index in [0.29, 0.717) is 0 Å². The summed E-state index contributed by atoms with van der Waals surface area (Å²) in [6.07, 6.45) is 3.92. The van der Waals surface area contributed by atoms with Crippen LogP contribution in [0.1, 0.15) is 0 Å². The molecule has 2 aromatic heterocycles. The maximum Gasteiger partial charge on any atom is 0.408 e. The van der Waals surface area contributed by atoms with Gasteiger partial charge in [0.1, 0.15) is 35.3 Å². The summed E-state index contributed by atoms with van der Waals surface area (Å²) in [7, 11) is 7.29. The highest BCUT2D eigenvalue weighted by atomic mass is 32.1. The standard InChI is InChI=1S/C26H30N8O2S2/c1-31-13-15-37-25(31)29-27-19-5-7-21(23(17-19)35-3)33-9-11-34(12-10-33)22-8-6-20(18-24(22)36-4)28-30-26-32(2)14-16-38-26/h5-8,13-18H,9-12H2,1-4H3/q+2. The highest BCUT2D eigenvalue weighted by molar-refractivity contribution is 7.13. The van der Waals surface area contributed by atoms with Crippen LogP contribution in [0.25, 0.3) is 0 Å². The van der Waals surface area contributed by atoms with Crippen LogP contribution in [0.5, 0.6) is 11.5 Å². The van der Waals surface area contributed by atoms with Crippen LogP contribution in [0.4, 0.5) is 33.0 Å². The van der Waals surface area contributed by atoms with Crippen molar-refractivity contribution in [2.24, 2.45) is 34.6 Å². The molecule has 196 valence electrons. The van der Waals surface area contributed by atoms with Crippen LogP contribution < -0.4 is 28.4 Å². The zero-order valence-electron chi connectivity index (χ0n) is 21.8. The van der Waals surface area contributed by atoms with Gasteiger partial charge in [-0.3, -0.25) is 0 Å². The molecule has 38 heavy (non-hydrogen) atoms. The van der Waals surface area contributed by atoms with E-state index in [1.54, 1.807) is 36.9 Å². The van der Waals surface area contributed by atoms with Gasteiger partial charge in [0.05, 0.1) is 49.9 Å². The number of aromatic nitrogens is 2. The van der Waals surface area contributed by atoms with E-state index in [2.05, 4.69) is 42.4 Å². The normalized spacial score (nSPS) is 14.1. The Morgan fingerprint density at radius 3 is 1.42 bits per heavy atom. The van der Waals surface area contributed by atoms with E-state index in [9.17, 15) is 0 Å². The van der Waals surface area contributed by atoms with E-state index in [1.807, 2.05) is 70.6 Å². The van der Waals surface area contributed by atoms with Gasteiger partial charge in [-0.15, -0.1) is 0 Å². The number of rotatable bonds is 8. The van der Waals surface area contributed by atoms with Gasteiger partial charge in [-0.1, -0.05) is 0 Å². The average Bonchev–Trinajstić information content (AvgIpc) is 3.57. The van der Waals surface area contributed by atoms with Crippen LogP contribution in [-0.2, 0) is 14.1 Å². The predicted octanol–water partition coefficient (Wildman–Crippen LogP) is 5.63. The predicted molar refractivity (Wildman–Crippen MR) is 150 cm³/mol. The van der Waals surface area contributed by atoms with E-state index >= 15 is 0 Å². The van der Waals surface area contributed by atoms with Gasteiger partial charge in [-0.05, 0) is 57.2 Å². The fraction of sp³-hybridized carbons (Fsp3) is 0.308. The second-order valence-corrected chi connectivity index (χ2v) is 10.4. The number of piperazine rings is 1. The fourth-order valence-electron chi connectivity index (χ4n) is 4.22. The average molecular weight is 551 g/mol. The third kappa shape index (κ3) is 5.65. The lowest BCUT2D eigenvalue weighted by molar-refractivity contribution is -0.654. The molecule has 0 unspecified atom stereocenters. The highest BCUT2D eigenvalue weighted by Crippen LogP contribution is 2.36. The molecule has 2 aromatic carbocycles. The Labute approximate surface area is 229 Å². The van der Waals surface area contributed by atoms with Gasteiger partial charge < -0.3 is 19.3 Å². The van der Waals surface area contributed by atoms with Crippen LogP contribution >= 0.6 is 22.7 Å². The van der Waals surface area contributed by atoms with Gasteiger partial charge in [-0.25, -0.2) is 9.13 Å². The third-order valence-electron chi connectivity index (χ3n) is 6.31. The van der Waals surface area contributed by atoms with Crippen molar-refractivity contribution >= 4 is 55.7 Å². The van der Waals surface area contributed by atoms with Crippen molar-refractivity contribution in [2.75, 3.05) is 50.2 Å². The Balaban J connectivity index is 1.26. The maximum atomic E-state index is 5.72. The summed E-state index contributed by atoms with van der Waals surface area (Å²) in [5, 5.41) is 23.1. The Morgan fingerprint density at radius 2 is 1.08 bits per heavy atom. The molecule has 1 aliphatic rings. The molecule has 10 nitrogen and oxygen atoms in total. The Morgan fingerprint density at radius 1 is 0.658 bits per heavy atom. The zero-order chi connectivity index (χ0) is 26.5. The Hall–Kier alpha value is -3.90. The molecule has 0 atom stereocenters. The molecule has 1 saturated heterocycles. The molecular formula is C26H30N8O2S2+2. The Bertz CT molecular complexity index is 1350. The minimum Gasteiger partial charge on any atom is -0.495 e. The summed E-state index contributed by atoms with van der Waals surface area (Å²) in [6.45, 7) is 3.40. The number of methoxy groups -OCH3 is 2. The molecule has 0 amide bonds. The summed E-state index contributed by atoms with van der Waals surface area (Å²) in [6, 6.07) is 12.0. The summed E-state index contributed by atoms with van der Waals surface area (Å²) >= 11 is 3.10. The monoisotopic (exact) mass is 550 g/mol. The molecular weight excluding hydrogens is 520 g/mol. The van der Waals surface area contributed by atoms with Crippen molar-refractivity contribution in [3.63, 3.8) is 0 Å². The number of azo groups is 2. The minimum atomic E-state index is 0.757.